The molecule has 0 unspecified atom stereocenters. The molecule has 0 bridgehead atoms. The molecule has 9 rings (SSSR count). The molecule has 0 aliphatic heterocycles. The third kappa shape index (κ3) is 4.49. The molecule has 0 amide bonds. The molecule has 45 heavy (non-hydrogen) atoms. The Kier molecular flexibility index (Phi) is 6.36. The molecule has 0 radical (unpaired) electrons. The molecule has 9 aromatic rings. The average molecular weight is 609 g/mol. The third-order valence-corrected chi connectivity index (χ3v) is 11.5. The van der Waals surface area contributed by atoms with Crippen LogP contribution in [-0.4, -0.2) is 0 Å². The van der Waals surface area contributed by atoms with Gasteiger partial charge in [0.05, 0.1) is 0 Å². The van der Waals surface area contributed by atoms with Crippen LogP contribution >= 0.6 is 22.7 Å². The van der Waals surface area contributed by atoms with Crippen LogP contribution in [0.4, 0.5) is 0 Å². The van der Waals surface area contributed by atoms with E-state index in [1.165, 1.54) is 79.3 Å². The number of benzene rings is 7. The first kappa shape index (κ1) is 26.4. The minimum Gasteiger partial charge on any atom is -0.135 e. The van der Waals surface area contributed by atoms with Gasteiger partial charge in [-0.05, 0) is 51.1 Å². The van der Waals surface area contributed by atoms with Crippen LogP contribution in [0.1, 0.15) is 22.6 Å². The Bertz CT molecular complexity index is 2300. The van der Waals surface area contributed by atoms with E-state index in [0.29, 0.717) is 0 Å². The maximum atomic E-state index is 2.32. The summed E-state index contributed by atoms with van der Waals surface area (Å²) in [5.74, 6) is 0.148. The van der Waals surface area contributed by atoms with Crippen molar-refractivity contribution in [2.45, 2.75) is 5.92 Å². The Balaban J connectivity index is 1.11. The lowest BCUT2D eigenvalue weighted by atomic mass is 9.84. The van der Waals surface area contributed by atoms with Gasteiger partial charge < -0.3 is 0 Å². The van der Waals surface area contributed by atoms with Gasteiger partial charge in [0.25, 0.3) is 0 Å². The molecule has 212 valence electrons. The number of fused-ring (bicyclic) bond motifs is 6. The topological polar surface area (TPSA) is 0 Å². The summed E-state index contributed by atoms with van der Waals surface area (Å²) in [6.45, 7) is 0. The molecular weight excluding hydrogens is 581 g/mol. The summed E-state index contributed by atoms with van der Waals surface area (Å²) < 4.78 is 5.39. The maximum Gasteiger partial charge on any atom is 0.0433 e. The van der Waals surface area contributed by atoms with E-state index in [-0.39, 0.29) is 5.92 Å². The summed E-state index contributed by atoms with van der Waals surface area (Å²) in [5, 5.41) is 5.36. The first-order valence-electron chi connectivity index (χ1n) is 15.4. The second-order valence-corrected chi connectivity index (χ2v) is 13.8. The van der Waals surface area contributed by atoms with Gasteiger partial charge in [0.1, 0.15) is 0 Å². The largest absolute Gasteiger partial charge is 0.135 e. The zero-order valence-electron chi connectivity index (χ0n) is 24.5. The fraction of sp³-hybridized carbons (Fsp3) is 0.0233. The van der Waals surface area contributed by atoms with Gasteiger partial charge in [-0.1, -0.05) is 152 Å². The van der Waals surface area contributed by atoms with E-state index >= 15 is 0 Å². The van der Waals surface area contributed by atoms with Gasteiger partial charge in [0.15, 0.2) is 0 Å². The molecular formula is C43H28S2. The summed E-state index contributed by atoms with van der Waals surface area (Å²) in [4.78, 5) is 0. The molecule has 0 spiro atoms. The predicted octanol–water partition coefficient (Wildman–Crippen LogP) is 12.9. The number of hydrogen-bond acceptors (Lipinski definition) is 2. The zero-order valence-corrected chi connectivity index (χ0v) is 26.1. The van der Waals surface area contributed by atoms with Crippen molar-refractivity contribution in [3.63, 3.8) is 0 Å². The van der Waals surface area contributed by atoms with Crippen LogP contribution in [0.25, 0.3) is 62.6 Å². The molecule has 7 aromatic carbocycles. The molecule has 2 heterocycles. The Morgan fingerprint density at radius 2 is 0.711 bits per heavy atom. The van der Waals surface area contributed by atoms with Crippen molar-refractivity contribution >= 4 is 63.0 Å². The second kappa shape index (κ2) is 10.9. The lowest BCUT2D eigenvalue weighted by Crippen LogP contribution is -2.03. The molecule has 0 nitrogen and oxygen atoms in total. The fourth-order valence-corrected chi connectivity index (χ4v) is 9.36. The van der Waals surface area contributed by atoms with Crippen LogP contribution in [0.5, 0.6) is 0 Å². The fourth-order valence-electron chi connectivity index (χ4n) is 6.88. The van der Waals surface area contributed by atoms with E-state index < -0.39 is 0 Å². The molecule has 0 N–H and O–H groups in total. The van der Waals surface area contributed by atoms with Gasteiger partial charge >= 0.3 is 0 Å². The van der Waals surface area contributed by atoms with E-state index in [1.54, 1.807) is 0 Å². The zero-order chi connectivity index (χ0) is 29.7. The number of thiophene rings is 2. The average Bonchev–Trinajstić information content (AvgIpc) is 3.68. The molecule has 0 fully saturated rings. The van der Waals surface area contributed by atoms with Crippen LogP contribution in [0.15, 0.2) is 164 Å². The van der Waals surface area contributed by atoms with Crippen molar-refractivity contribution in [3.05, 3.63) is 180 Å². The number of hydrogen-bond donors (Lipinski definition) is 0. The van der Waals surface area contributed by atoms with E-state index in [1.807, 2.05) is 22.7 Å². The summed E-state index contributed by atoms with van der Waals surface area (Å²) in [6, 6.07) is 60.3. The van der Waals surface area contributed by atoms with Crippen molar-refractivity contribution in [2.24, 2.45) is 0 Å². The summed E-state index contributed by atoms with van der Waals surface area (Å²) in [5.41, 5.74) is 9.02. The minimum atomic E-state index is 0.148. The molecule has 0 aliphatic rings. The lowest BCUT2D eigenvalue weighted by Gasteiger charge is -2.20. The molecule has 0 saturated heterocycles. The predicted molar refractivity (Wildman–Crippen MR) is 197 cm³/mol. The quantitative estimate of drug-likeness (QED) is 0.171. The highest BCUT2D eigenvalue weighted by Gasteiger charge is 2.18. The summed E-state index contributed by atoms with van der Waals surface area (Å²) >= 11 is 3.78. The number of rotatable bonds is 5. The van der Waals surface area contributed by atoms with Crippen LogP contribution in [0.2, 0.25) is 0 Å². The van der Waals surface area contributed by atoms with E-state index in [0.717, 1.165) is 0 Å². The van der Waals surface area contributed by atoms with Crippen LogP contribution < -0.4 is 0 Å². The van der Waals surface area contributed by atoms with Crippen LogP contribution in [0.3, 0.4) is 0 Å². The maximum absolute atomic E-state index is 2.32. The van der Waals surface area contributed by atoms with Crippen molar-refractivity contribution in [1.82, 2.24) is 0 Å². The Morgan fingerprint density at radius 1 is 0.311 bits per heavy atom. The van der Waals surface area contributed by atoms with Crippen molar-refractivity contribution < 1.29 is 0 Å². The van der Waals surface area contributed by atoms with Crippen molar-refractivity contribution in [2.75, 3.05) is 0 Å². The smallest absolute Gasteiger partial charge is 0.0433 e. The van der Waals surface area contributed by atoms with Gasteiger partial charge in [0, 0.05) is 46.3 Å². The van der Waals surface area contributed by atoms with Gasteiger partial charge in [-0.3, -0.25) is 0 Å². The molecule has 2 aromatic heterocycles. The highest BCUT2D eigenvalue weighted by molar-refractivity contribution is 7.26. The standard InChI is InChI=1S/C43H28S2/c1-2-10-30(11-3-1)41(31-24-20-28(21-25-31)33-14-8-16-37-35-12-4-6-18-39(35)44-42(33)37)32-26-22-29(23-27-32)34-15-9-17-38-36-13-5-7-19-40(36)45-43(34)38/h1-27,41H. The van der Waals surface area contributed by atoms with Crippen molar-refractivity contribution in [1.29, 1.82) is 0 Å². The van der Waals surface area contributed by atoms with Crippen LogP contribution in [-0.2, 0) is 0 Å². The molecule has 0 saturated carbocycles. The van der Waals surface area contributed by atoms with E-state index in [4.69, 9.17) is 0 Å². The molecule has 0 aliphatic carbocycles. The first-order chi connectivity index (χ1) is 22.3. The van der Waals surface area contributed by atoms with E-state index in [2.05, 4.69) is 164 Å². The highest BCUT2D eigenvalue weighted by atomic mass is 32.1. The first-order valence-corrected chi connectivity index (χ1v) is 17.0. The second-order valence-electron chi connectivity index (χ2n) is 11.6. The van der Waals surface area contributed by atoms with Gasteiger partial charge in [-0.2, -0.15) is 0 Å². The monoisotopic (exact) mass is 608 g/mol. The Hall–Kier alpha value is -5.02. The summed E-state index contributed by atoms with van der Waals surface area (Å²) in [7, 11) is 0. The Labute approximate surface area is 270 Å². The summed E-state index contributed by atoms with van der Waals surface area (Å²) in [6.07, 6.45) is 0. The van der Waals surface area contributed by atoms with Crippen LogP contribution in [0, 0.1) is 0 Å². The normalized spacial score (nSPS) is 11.8. The molecule has 0 atom stereocenters. The SMILES string of the molecule is c1ccc(C(c2ccc(-c3cccc4c3sc3ccccc34)cc2)c2ccc(-c3cccc4c3sc3ccccc34)cc2)cc1. The van der Waals surface area contributed by atoms with Gasteiger partial charge in [-0.25, -0.2) is 0 Å². The lowest BCUT2D eigenvalue weighted by molar-refractivity contribution is 0.978. The third-order valence-electron chi connectivity index (χ3n) is 9.05. The van der Waals surface area contributed by atoms with E-state index in [9.17, 15) is 0 Å². The highest BCUT2D eigenvalue weighted by Crippen LogP contribution is 2.42. The van der Waals surface area contributed by atoms with Crippen molar-refractivity contribution in [3.8, 4) is 22.3 Å². The molecule has 2 heteroatoms. The Morgan fingerprint density at radius 3 is 1.20 bits per heavy atom. The minimum absolute atomic E-state index is 0.148. The van der Waals surface area contributed by atoms with Gasteiger partial charge in [-0.15, -0.1) is 22.7 Å². The van der Waals surface area contributed by atoms with Gasteiger partial charge in [0.2, 0.25) is 0 Å².